The van der Waals surface area contributed by atoms with Crippen molar-refractivity contribution in [1.82, 2.24) is 15.3 Å². The third kappa shape index (κ3) is 6.32. The van der Waals surface area contributed by atoms with Crippen LogP contribution in [0.2, 0.25) is 0 Å². The number of Topliss-reactive ketones (excluding diaryl/α,β-unsaturated/α-hetero) is 1. The Morgan fingerprint density at radius 1 is 1.15 bits per heavy atom. The number of aromatic nitrogens is 2. The van der Waals surface area contributed by atoms with Gasteiger partial charge in [0.15, 0.2) is 5.78 Å². The lowest BCUT2D eigenvalue weighted by Gasteiger charge is -2.27. The number of hydrogen-bond donors (Lipinski definition) is 3. The molecule has 0 unspecified atom stereocenters. The Bertz CT molecular complexity index is 1870. The largest absolute Gasteiger partial charge is 0.489 e. The fraction of sp³-hybridized carbons (Fsp3) is 0.405. The SMILES string of the molecule is C[C@](O)(CCC(=O)c1cc(OC2CC2)c2ncccc2c1)c1cc2c(c(-c3ccc(F)cc3)n1)OC[C@]2(C)C(=O)NCCC1(O)CC1. The van der Waals surface area contributed by atoms with Gasteiger partial charge in [-0.3, -0.25) is 14.6 Å². The Morgan fingerprint density at radius 3 is 2.64 bits per heavy atom. The van der Waals surface area contributed by atoms with Crippen LogP contribution >= 0.6 is 0 Å². The molecule has 3 aliphatic rings. The first-order chi connectivity index (χ1) is 22.4. The topological polar surface area (TPSA) is 131 Å². The maximum atomic E-state index is 13.9. The van der Waals surface area contributed by atoms with Crippen molar-refractivity contribution in [3.05, 3.63) is 83.4 Å². The van der Waals surface area contributed by atoms with Crippen LogP contribution in [0.4, 0.5) is 4.39 Å². The second-order valence-electron chi connectivity index (χ2n) is 13.7. The predicted octanol–water partition coefficient (Wildman–Crippen LogP) is 5.53. The number of ketones is 1. The van der Waals surface area contributed by atoms with Crippen LogP contribution in [0.5, 0.6) is 11.5 Å². The molecule has 2 aliphatic carbocycles. The van der Waals surface area contributed by atoms with E-state index in [0.717, 1.165) is 31.1 Å². The number of pyridine rings is 2. The third-order valence-electron chi connectivity index (χ3n) is 9.60. The molecule has 0 spiro atoms. The predicted molar refractivity (Wildman–Crippen MR) is 173 cm³/mol. The van der Waals surface area contributed by atoms with E-state index < -0.39 is 22.4 Å². The van der Waals surface area contributed by atoms with E-state index in [2.05, 4.69) is 10.3 Å². The summed E-state index contributed by atoms with van der Waals surface area (Å²) in [5.41, 5.74) is -0.466. The lowest BCUT2D eigenvalue weighted by atomic mass is 9.81. The van der Waals surface area contributed by atoms with Gasteiger partial charge in [0.1, 0.15) is 46.1 Å². The van der Waals surface area contributed by atoms with Crippen LogP contribution in [0.3, 0.4) is 0 Å². The van der Waals surface area contributed by atoms with Gasteiger partial charge < -0.3 is 25.0 Å². The first-order valence-electron chi connectivity index (χ1n) is 16.2. The van der Waals surface area contributed by atoms with Gasteiger partial charge in [0.2, 0.25) is 5.91 Å². The number of aliphatic hydroxyl groups is 2. The van der Waals surface area contributed by atoms with Crippen LogP contribution in [0, 0.1) is 5.82 Å². The highest BCUT2D eigenvalue weighted by atomic mass is 19.1. The number of ether oxygens (including phenoxy) is 2. The number of nitrogens with zero attached hydrogens (tertiary/aromatic N) is 2. The van der Waals surface area contributed by atoms with Gasteiger partial charge in [-0.05, 0) is 101 Å². The number of carbonyl (C=O) groups is 2. The van der Waals surface area contributed by atoms with Crippen molar-refractivity contribution in [3.63, 3.8) is 0 Å². The van der Waals surface area contributed by atoms with Crippen LogP contribution in [0.1, 0.15) is 80.4 Å². The maximum absolute atomic E-state index is 13.9. The van der Waals surface area contributed by atoms with Crippen LogP contribution in [-0.4, -0.2) is 56.7 Å². The van der Waals surface area contributed by atoms with E-state index >= 15 is 0 Å². The number of halogens is 1. The average Bonchev–Trinajstić information content (AvgIpc) is 3.99. The summed E-state index contributed by atoms with van der Waals surface area (Å²) < 4.78 is 26.0. The van der Waals surface area contributed by atoms with Crippen molar-refractivity contribution in [3.8, 4) is 22.8 Å². The maximum Gasteiger partial charge on any atom is 0.234 e. The Hall–Kier alpha value is -4.41. The van der Waals surface area contributed by atoms with E-state index in [-0.39, 0.29) is 42.9 Å². The van der Waals surface area contributed by atoms with E-state index in [1.165, 1.54) is 12.1 Å². The van der Waals surface area contributed by atoms with Crippen molar-refractivity contribution in [1.29, 1.82) is 0 Å². The standard InChI is InChI=1S/C37H38FN3O6/c1-35(34(43)40-17-15-37(45)13-14-37)21-46-33-27(35)20-30(41-32(33)22-5-7-25(38)8-6-22)36(2,44)12-11-28(42)24-18-23-4-3-16-39-31(23)29(19-24)47-26-9-10-26/h3-8,16,18-20,26,44-45H,9-15,17,21H2,1-2H3,(H,40,43)/t35-,36-/m0/s1. The molecule has 0 saturated heterocycles. The molecule has 10 heteroatoms. The monoisotopic (exact) mass is 639 g/mol. The molecule has 7 rings (SSSR count). The fourth-order valence-corrected chi connectivity index (χ4v) is 6.05. The Morgan fingerprint density at radius 2 is 1.91 bits per heavy atom. The second-order valence-corrected chi connectivity index (χ2v) is 13.7. The number of carbonyl (C=O) groups excluding carboxylic acids is 2. The molecule has 1 aliphatic heterocycles. The van der Waals surface area contributed by atoms with Gasteiger partial charge >= 0.3 is 0 Å². The lowest BCUT2D eigenvalue weighted by Crippen LogP contribution is -2.44. The van der Waals surface area contributed by atoms with Crippen LogP contribution < -0.4 is 14.8 Å². The Balaban J connectivity index is 1.17. The van der Waals surface area contributed by atoms with Crippen molar-refractivity contribution in [2.24, 2.45) is 0 Å². The highest BCUT2D eigenvalue weighted by Crippen LogP contribution is 2.46. The van der Waals surface area contributed by atoms with Crippen LogP contribution in [0.15, 0.2) is 60.8 Å². The van der Waals surface area contributed by atoms with Crippen molar-refractivity contribution in [2.75, 3.05) is 13.2 Å². The van der Waals surface area contributed by atoms with E-state index in [1.54, 1.807) is 50.4 Å². The number of rotatable bonds is 12. The normalized spacial score (nSPS) is 20.6. The second kappa shape index (κ2) is 11.7. The van der Waals surface area contributed by atoms with Crippen molar-refractivity contribution >= 4 is 22.6 Å². The molecule has 3 N–H and O–H groups in total. The number of amides is 1. The van der Waals surface area contributed by atoms with Crippen molar-refractivity contribution < 1.29 is 33.7 Å². The molecule has 244 valence electrons. The number of nitrogens with one attached hydrogen (secondary N) is 1. The molecule has 3 heterocycles. The van der Waals surface area contributed by atoms with E-state index in [9.17, 15) is 24.2 Å². The Labute approximate surface area is 272 Å². The van der Waals surface area contributed by atoms with Gasteiger partial charge in [-0.25, -0.2) is 9.37 Å². The molecule has 9 nitrogen and oxygen atoms in total. The minimum Gasteiger partial charge on any atom is -0.489 e. The zero-order valence-electron chi connectivity index (χ0n) is 26.5. The zero-order valence-corrected chi connectivity index (χ0v) is 26.5. The van der Waals surface area contributed by atoms with Gasteiger partial charge in [0.05, 0.1) is 17.4 Å². The molecule has 2 atom stereocenters. The summed E-state index contributed by atoms with van der Waals surface area (Å²) in [5, 5.41) is 25.8. The quantitative estimate of drug-likeness (QED) is 0.173. The summed E-state index contributed by atoms with van der Waals surface area (Å²) in [6.07, 6.45) is 5.76. The average molecular weight is 640 g/mol. The molecule has 2 aromatic heterocycles. The fourth-order valence-electron chi connectivity index (χ4n) is 6.05. The van der Waals surface area contributed by atoms with Gasteiger partial charge in [-0.15, -0.1) is 0 Å². The minimum absolute atomic E-state index is 0.0173. The molecule has 0 radical (unpaired) electrons. The van der Waals surface area contributed by atoms with E-state index in [0.29, 0.717) is 52.4 Å². The summed E-state index contributed by atoms with van der Waals surface area (Å²) in [6.45, 7) is 3.73. The first-order valence-corrected chi connectivity index (χ1v) is 16.2. The van der Waals surface area contributed by atoms with Crippen LogP contribution in [0.25, 0.3) is 22.2 Å². The molecule has 2 saturated carbocycles. The van der Waals surface area contributed by atoms with Gasteiger partial charge in [-0.1, -0.05) is 6.07 Å². The number of fused-ring (bicyclic) bond motifs is 2. The highest BCUT2D eigenvalue weighted by Gasteiger charge is 2.47. The number of hydrogen-bond acceptors (Lipinski definition) is 8. The molecule has 1 amide bonds. The smallest absolute Gasteiger partial charge is 0.234 e. The molecule has 0 bridgehead atoms. The summed E-state index contributed by atoms with van der Waals surface area (Å²) in [6, 6.07) is 14.7. The molecule has 2 fully saturated rings. The number of benzene rings is 2. The van der Waals surface area contributed by atoms with Gasteiger partial charge in [-0.2, -0.15) is 0 Å². The van der Waals surface area contributed by atoms with Gasteiger partial charge in [0, 0.05) is 41.2 Å². The summed E-state index contributed by atoms with van der Waals surface area (Å²) in [7, 11) is 0. The van der Waals surface area contributed by atoms with Gasteiger partial charge in [0.25, 0.3) is 0 Å². The molecule has 4 aromatic rings. The summed E-state index contributed by atoms with van der Waals surface area (Å²) in [4.78, 5) is 36.4. The highest BCUT2D eigenvalue weighted by molar-refractivity contribution is 6.01. The molecule has 2 aromatic carbocycles. The first kappa shape index (κ1) is 31.2. The molecular formula is C37H38FN3O6. The lowest BCUT2D eigenvalue weighted by molar-refractivity contribution is -0.126. The Kier molecular flexibility index (Phi) is 7.75. The van der Waals surface area contributed by atoms with E-state index in [1.807, 2.05) is 12.1 Å². The molecular weight excluding hydrogens is 601 g/mol. The summed E-state index contributed by atoms with van der Waals surface area (Å²) >= 11 is 0. The van der Waals surface area contributed by atoms with Crippen LogP contribution in [-0.2, 0) is 15.8 Å². The van der Waals surface area contributed by atoms with E-state index in [4.69, 9.17) is 14.5 Å². The summed E-state index contributed by atoms with van der Waals surface area (Å²) in [5.74, 6) is 0.117. The van der Waals surface area contributed by atoms with Crippen molar-refractivity contribution in [2.45, 2.75) is 81.5 Å². The third-order valence-corrected chi connectivity index (χ3v) is 9.60. The zero-order chi connectivity index (χ0) is 33.0. The minimum atomic E-state index is -1.57. The molecule has 47 heavy (non-hydrogen) atoms.